The smallest absolute Gasteiger partial charge is 0.344 e. The zero-order valence-corrected chi connectivity index (χ0v) is 8.76. The molecule has 0 atom stereocenters. The highest BCUT2D eigenvalue weighted by Gasteiger charge is 2.65. The van der Waals surface area contributed by atoms with Gasteiger partial charge in [-0.15, -0.1) is 0 Å². The summed E-state index contributed by atoms with van der Waals surface area (Å²) in [6.45, 7) is 0. The topological polar surface area (TPSA) is 89.4 Å². The van der Waals surface area contributed by atoms with Crippen molar-refractivity contribution in [2.45, 2.75) is 30.2 Å². The molecule has 0 amide bonds. The molecule has 4 N–H and O–H groups in total. The van der Waals surface area contributed by atoms with Crippen molar-refractivity contribution in [2.75, 3.05) is 0 Å². The molecular weight excluding hydrogens is 287 g/mol. The molecule has 0 aromatic carbocycles. The fraction of sp³-hybridized carbons (Fsp3) is 1.00. The molecule has 0 aliphatic carbocycles. The normalized spacial score (nSPS) is 14.4. The van der Waals surface area contributed by atoms with Crippen LogP contribution in [0.25, 0.3) is 0 Å². The third kappa shape index (κ3) is 4.63. The van der Waals surface area contributed by atoms with E-state index in [0.29, 0.717) is 0 Å². The molecule has 0 rings (SSSR count). The highest BCUT2D eigenvalue weighted by Crippen LogP contribution is 2.43. The van der Waals surface area contributed by atoms with Crippen LogP contribution in [-0.4, -0.2) is 30.3 Å². The van der Waals surface area contributed by atoms with E-state index in [1.165, 1.54) is 0 Å². The minimum Gasteiger partial charge on any atom is -0.344 e. The van der Waals surface area contributed by atoms with Crippen LogP contribution in [0.5, 0.6) is 0 Å². The highest BCUT2D eigenvalue weighted by molar-refractivity contribution is 7.87. The minimum absolute atomic E-state index is 0. The molecular formula is C5H8F7NO3S. The molecule has 0 heterocycles. The maximum Gasteiger partial charge on any atom is 0.431 e. The summed E-state index contributed by atoms with van der Waals surface area (Å²) >= 11 is 0. The number of hydrogen-bond donors (Lipinski definition) is 2. The molecule has 0 fully saturated rings. The third-order valence-electron chi connectivity index (χ3n) is 1.47. The van der Waals surface area contributed by atoms with E-state index in [4.69, 9.17) is 4.55 Å². The van der Waals surface area contributed by atoms with Crippen molar-refractivity contribution in [3.05, 3.63) is 0 Å². The highest BCUT2D eigenvalue weighted by atomic mass is 32.2. The summed E-state index contributed by atoms with van der Waals surface area (Å²) in [5.74, 6) is -5.50. The van der Waals surface area contributed by atoms with Gasteiger partial charge in [0.2, 0.25) is 0 Å². The van der Waals surface area contributed by atoms with Gasteiger partial charge < -0.3 is 6.15 Å². The lowest BCUT2D eigenvalue weighted by Gasteiger charge is -2.23. The van der Waals surface area contributed by atoms with E-state index >= 15 is 0 Å². The quantitative estimate of drug-likeness (QED) is 0.616. The predicted octanol–water partition coefficient (Wildman–Crippen LogP) is 2.61. The molecule has 0 saturated carbocycles. The van der Waals surface area contributed by atoms with Crippen molar-refractivity contribution in [3.63, 3.8) is 0 Å². The maximum absolute atomic E-state index is 12.4. The first-order valence-electron chi connectivity index (χ1n) is 3.50. The van der Waals surface area contributed by atoms with Gasteiger partial charge in [0.15, 0.2) is 0 Å². The van der Waals surface area contributed by atoms with Crippen LogP contribution >= 0.6 is 0 Å². The van der Waals surface area contributed by atoms with Crippen LogP contribution in [0.4, 0.5) is 30.7 Å². The summed E-state index contributed by atoms with van der Waals surface area (Å²) in [5, 5.41) is -5.95. The van der Waals surface area contributed by atoms with Gasteiger partial charge in [-0.2, -0.15) is 39.2 Å². The number of alkyl halides is 7. The molecule has 17 heavy (non-hydrogen) atoms. The summed E-state index contributed by atoms with van der Waals surface area (Å²) in [6.07, 6.45) is -9.88. The molecule has 0 saturated heterocycles. The van der Waals surface area contributed by atoms with Gasteiger partial charge in [0.1, 0.15) is 0 Å². The van der Waals surface area contributed by atoms with Crippen molar-refractivity contribution >= 4 is 10.1 Å². The van der Waals surface area contributed by atoms with Crippen LogP contribution in [0, 0.1) is 0 Å². The standard InChI is InChI=1S/C5H5F7O3S.H3N/c6-3(7,1-2-4(8,9)10)5(11,12)16(13,14)15;/h1-2H2,(H,13,14,15);1H3. The fourth-order valence-electron chi connectivity index (χ4n) is 0.633. The second kappa shape index (κ2) is 4.94. The van der Waals surface area contributed by atoms with Gasteiger partial charge in [0, 0.05) is 12.8 Å². The molecule has 0 radical (unpaired) electrons. The monoisotopic (exact) mass is 295 g/mol. The van der Waals surface area contributed by atoms with Gasteiger partial charge in [0.25, 0.3) is 0 Å². The summed E-state index contributed by atoms with van der Waals surface area (Å²) in [5.41, 5.74) is 0. The molecule has 0 unspecified atom stereocenters. The van der Waals surface area contributed by atoms with Crippen LogP contribution < -0.4 is 6.15 Å². The van der Waals surface area contributed by atoms with Crippen molar-refractivity contribution in [1.29, 1.82) is 0 Å². The van der Waals surface area contributed by atoms with Crippen LogP contribution in [0.15, 0.2) is 0 Å². The van der Waals surface area contributed by atoms with E-state index in [0.717, 1.165) is 0 Å². The first-order valence-corrected chi connectivity index (χ1v) is 4.94. The van der Waals surface area contributed by atoms with Gasteiger partial charge in [-0.1, -0.05) is 0 Å². The van der Waals surface area contributed by atoms with E-state index in [1.807, 2.05) is 0 Å². The van der Waals surface area contributed by atoms with E-state index in [-0.39, 0.29) is 6.15 Å². The van der Waals surface area contributed by atoms with Crippen LogP contribution in [0.3, 0.4) is 0 Å². The molecule has 0 aliphatic rings. The Balaban J connectivity index is 0. The summed E-state index contributed by atoms with van der Waals surface area (Å²) in [4.78, 5) is 0. The summed E-state index contributed by atoms with van der Waals surface area (Å²) < 4.78 is 111. The molecule has 12 heteroatoms. The summed E-state index contributed by atoms with van der Waals surface area (Å²) in [7, 11) is -6.48. The molecule has 0 bridgehead atoms. The Morgan fingerprint density at radius 3 is 1.47 bits per heavy atom. The van der Waals surface area contributed by atoms with Gasteiger partial charge in [-0.3, -0.25) is 4.55 Å². The van der Waals surface area contributed by atoms with Gasteiger partial charge in [-0.05, 0) is 0 Å². The Morgan fingerprint density at radius 1 is 0.882 bits per heavy atom. The van der Waals surface area contributed by atoms with E-state index < -0.39 is 40.3 Å². The molecule has 0 aromatic rings. The molecule has 0 aromatic heterocycles. The van der Waals surface area contributed by atoms with E-state index in [9.17, 15) is 39.2 Å². The lowest BCUT2D eigenvalue weighted by Crippen LogP contribution is -2.47. The molecule has 106 valence electrons. The van der Waals surface area contributed by atoms with E-state index in [2.05, 4.69) is 0 Å². The van der Waals surface area contributed by atoms with Crippen molar-refractivity contribution < 1.29 is 43.7 Å². The molecule has 4 nitrogen and oxygen atoms in total. The van der Waals surface area contributed by atoms with Crippen LogP contribution in [0.1, 0.15) is 12.8 Å². The second-order valence-electron chi connectivity index (χ2n) is 2.81. The van der Waals surface area contributed by atoms with Crippen molar-refractivity contribution in [3.8, 4) is 0 Å². The average Bonchev–Trinajstić information content (AvgIpc) is 1.97. The average molecular weight is 295 g/mol. The zero-order chi connectivity index (χ0) is 13.4. The van der Waals surface area contributed by atoms with Crippen LogP contribution in [0.2, 0.25) is 0 Å². The second-order valence-corrected chi connectivity index (χ2v) is 4.27. The Morgan fingerprint density at radius 2 is 1.24 bits per heavy atom. The predicted molar refractivity (Wildman–Crippen MR) is 41.8 cm³/mol. The fourth-order valence-corrected chi connectivity index (χ4v) is 1.11. The first kappa shape index (κ1) is 18.7. The van der Waals surface area contributed by atoms with Crippen molar-refractivity contribution in [2.24, 2.45) is 0 Å². The Kier molecular flexibility index (Phi) is 5.44. The Hall–Kier alpha value is -0.620. The summed E-state index contributed by atoms with van der Waals surface area (Å²) in [6, 6.07) is 0. The first-order chi connectivity index (χ1) is 6.71. The largest absolute Gasteiger partial charge is 0.431 e. The third-order valence-corrected chi connectivity index (χ3v) is 2.42. The number of hydrogen-bond acceptors (Lipinski definition) is 3. The van der Waals surface area contributed by atoms with E-state index in [1.54, 1.807) is 0 Å². The Bertz CT molecular complexity index is 349. The van der Waals surface area contributed by atoms with Gasteiger partial charge in [0.05, 0.1) is 0 Å². The maximum atomic E-state index is 12.4. The Labute approximate surface area is 91.1 Å². The van der Waals surface area contributed by atoms with Gasteiger partial charge >= 0.3 is 27.5 Å². The van der Waals surface area contributed by atoms with Crippen LogP contribution in [-0.2, 0) is 10.1 Å². The minimum atomic E-state index is -6.48. The lowest BCUT2D eigenvalue weighted by atomic mass is 10.2. The lowest BCUT2D eigenvalue weighted by molar-refractivity contribution is -0.193. The number of halogens is 7. The molecule has 0 spiro atoms. The SMILES string of the molecule is N.O=S(=O)(O)C(F)(F)C(F)(F)CCC(F)(F)F. The zero-order valence-electron chi connectivity index (χ0n) is 7.94. The number of rotatable bonds is 4. The van der Waals surface area contributed by atoms with Crippen molar-refractivity contribution in [1.82, 2.24) is 6.15 Å². The van der Waals surface area contributed by atoms with Gasteiger partial charge in [-0.25, -0.2) is 0 Å². The molecule has 0 aliphatic heterocycles.